The maximum absolute atomic E-state index is 12.2. The summed E-state index contributed by atoms with van der Waals surface area (Å²) in [6, 6.07) is 6.22. The molecule has 5 nitrogen and oxygen atoms in total. The standard InChI is InChI=1S/C15H19N3O2S/c1-2-4-11-9-12(20-17-11)10-16-15(19)18-7-6-13(18)14-5-3-8-21-14/h3,5,8-9,13H,2,4,6-7,10H2,1H3,(H,16,19). The van der Waals surface area contributed by atoms with E-state index in [1.165, 1.54) is 4.88 Å². The van der Waals surface area contributed by atoms with Crippen molar-refractivity contribution in [1.29, 1.82) is 0 Å². The SMILES string of the molecule is CCCc1cc(CNC(=O)N2CCC2c2cccs2)on1. The van der Waals surface area contributed by atoms with Crippen LogP contribution in [0.2, 0.25) is 0 Å². The van der Waals surface area contributed by atoms with E-state index in [9.17, 15) is 4.79 Å². The van der Waals surface area contributed by atoms with Crippen molar-refractivity contribution in [2.75, 3.05) is 6.54 Å². The zero-order valence-electron chi connectivity index (χ0n) is 12.0. The molecule has 21 heavy (non-hydrogen) atoms. The van der Waals surface area contributed by atoms with E-state index in [2.05, 4.69) is 23.5 Å². The number of nitrogens with one attached hydrogen (secondary N) is 1. The Hall–Kier alpha value is -1.82. The number of urea groups is 1. The fourth-order valence-electron chi connectivity index (χ4n) is 2.48. The Morgan fingerprint density at radius 2 is 2.52 bits per heavy atom. The van der Waals surface area contributed by atoms with Gasteiger partial charge in [-0.2, -0.15) is 0 Å². The van der Waals surface area contributed by atoms with E-state index < -0.39 is 0 Å². The van der Waals surface area contributed by atoms with Crippen LogP contribution in [0.25, 0.3) is 0 Å². The average Bonchev–Trinajstić information content (AvgIpc) is 3.07. The summed E-state index contributed by atoms with van der Waals surface area (Å²) in [5.74, 6) is 0.708. The highest BCUT2D eigenvalue weighted by Gasteiger charge is 2.33. The van der Waals surface area contributed by atoms with Gasteiger partial charge in [0, 0.05) is 17.5 Å². The summed E-state index contributed by atoms with van der Waals surface area (Å²) in [7, 11) is 0. The molecule has 2 aromatic rings. The first-order valence-electron chi connectivity index (χ1n) is 7.30. The van der Waals surface area contributed by atoms with E-state index in [1.807, 2.05) is 22.4 Å². The summed E-state index contributed by atoms with van der Waals surface area (Å²) in [5, 5.41) is 8.94. The third kappa shape index (κ3) is 3.10. The summed E-state index contributed by atoms with van der Waals surface area (Å²) in [6.07, 6.45) is 2.98. The zero-order chi connectivity index (χ0) is 14.7. The van der Waals surface area contributed by atoms with Crippen LogP contribution in [0.1, 0.15) is 42.1 Å². The van der Waals surface area contributed by atoms with E-state index in [-0.39, 0.29) is 12.1 Å². The molecule has 1 atom stereocenters. The number of nitrogens with zero attached hydrogens (tertiary/aromatic N) is 2. The Morgan fingerprint density at radius 1 is 1.62 bits per heavy atom. The lowest BCUT2D eigenvalue weighted by Crippen LogP contribution is -2.49. The molecule has 1 aliphatic rings. The van der Waals surface area contributed by atoms with Gasteiger partial charge in [-0.15, -0.1) is 11.3 Å². The Balaban J connectivity index is 1.52. The van der Waals surface area contributed by atoms with Crippen molar-refractivity contribution in [1.82, 2.24) is 15.4 Å². The summed E-state index contributed by atoms with van der Waals surface area (Å²) in [6.45, 7) is 3.31. The quantitative estimate of drug-likeness (QED) is 0.921. The highest BCUT2D eigenvalue weighted by Crippen LogP contribution is 2.35. The van der Waals surface area contributed by atoms with Crippen molar-refractivity contribution in [2.45, 2.75) is 38.8 Å². The topological polar surface area (TPSA) is 58.4 Å². The first kappa shape index (κ1) is 14.1. The minimum absolute atomic E-state index is 0.0342. The number of carbonyl (C=O) groups is 1. The van der Waals surface area contributed by atoms with Crippen LogP contribution in [0.3, 0.4) is 0 Å². The van der Waals surface area contributed by atoms with Crippen LogP contribution in [-0.2, 0) is 13.0 Å². The molecule has 1 unspecified atom stereocenters. The summed E-state index contributed by atoms with van der Waals surface area (Å²) >= 11 is 1.70. The number of thiophene rings is 1. The number of carbonyl (C=O) groups excluding carboxylic acids is 1. The fraction of sp³-hybridized carbons (Fsp3) is 0.467. The van der Waals surface area contributed by atoms with Gasteiger partial charge in [0.1, 0.15) is 0 Å². The van der Waals surface area contributed by atoms with E-state index in [0.29, 0.717) is 12.3 Å². The molecule has 3 heterocycles. The molecular formula is C15H19N3O2S. The Morgan fingerprint density at radius 3 is 3.19 bits per heavy atom. The maximum atomic E-state index is 12.2. The summed E-state index contributed by atoms with van der Waals surface area (Å²) < 4.78 is 5.22. The van der Waals surface area contributed by atoms with Crippen LogP contribution in [0.5, 0.6) is 0 Å². The minimum Gasteiger partial charge on any atom is -0.359 e. The van der Waals surface area contributed by atoms with Gasteiger partial charge in [0.2, 0.25) is 0 Å². The van der Waals surface area contributed by atoms with Crippen LogP contribution in [-0.4, -0.2) is 22.6 Å². The normalized spacial score (nSPS) is 17.6. The molecule has 1 fully saturated rings. The molecular weight excluding hydrogens is 286 g/mol. The van der Waals surface area contributed by atoms with Gasteiger partial charge in [-0.1, -0.05) is 24.6 Å². The largest absolute Gasteiger partial charge is 0.359 e. The van der Waals surface area contributed by atoms with Gasteiger partial charge >= 0.3 is 6.03 Å². The van der Waals surface area contributed by atoms with Crippen LogP contribution in [0.15, 0.2) is 28.1 Å². The highest BCUT2D eigenvalue weighted by atomic mass is 32.1. The van der Waals surface area contributed by atoms with Gasteiger partial charge in [-0.3, -0.25) is 0 Å². The highest BCUT2D eigenvalue weighted by molar-refractivity contribution is 7.10. The van der Waals surface area contributed by atoms with E-state index in [4.69, 9.17) is 4.52 Å². The van der Waals surface area contributed by atoms with Crippen molar-refractivity contribution in [3.63, 3.8) is 0 Å². The van der Waals surface area contributed by atoms with Gasteiger partial charge in [0.25, 0.3) is 0 Å². The van der Waals surface area contributed by atoms with Crippen LogP contribution < -0.4 is 5.32 Å². The van der Waals surface area contributed by atoms with E-state index in [1.54, 1.807) is 11.3 Å². The second kappa shape index (κ2) is 6.30. The van der Waals surface area contributed by atoms with Crippen molar-refractivity contribution in [3.8, 4) is 0 Å². The van der Waals surface area contributed by atoms with Gasteiger partial charge in [0.15, 0.2) is 5.76 Å². The Bertz CT molecular complexity index is 594. The van der Waals surface area contributed by atoms with Crippen LogP contribution >= 0.6 is 11.3 Å². The summed E-state index contributed by atoms with van der Waals surface area (Å²) in [4.78, 5) is 15.3. The lowest BCUT2D eigenvalue weighted by atomic mass is 10.0. The van der Waals surface area contributed by atoms with Gasteiger partial charge in [-0.25, -0.2) is 4.79 Å². The number of amides is 2. The van der Waals surface area contributed by atoms with Crippen molar-refractivity contribution in [3.05, 3.63) is 39.9 Å². The fourth-order valence-corrected chi connectivity index (χ4v) is 3.36. The molecule has 0 spiro atoms. The second-order valence-corrected chi connectivity index (χ2v) is 6.19. The molecule has 0 bridgehead atoms. The lowest BCUT2D eigenvalue weighted by Gasteiger charge is -2.40. The minimum atomic E-state index is -0.0342. The number of hydrogen-bond acceptors (Lipinski definition) is 4. The smallest absolute Gasteiger partial charge is 0.318 e. The molecule has 0 saturated carbocycles. The van der Waals surface area contributed by atoms with Crippen molar-refractivity contribution >= 4 is 17.4 Å². The molecule has 1 saturated heterocycles. The van der Waals surface area contributed by atoms with E-state index >= 15 is 0 Å². The Labute approximate surface area is 127 Å². The molecule has 0 aliphatic carbocycles. The zero-order valence-corrected chi connectivity index (χ0v) is 12.9. The molecule has 0 radical (unpaired) electrons. The number of hydrogen-bond donors (Lipinski definition) is 1. The molecule has 1 aliphatic heterocycles. The van der Waals surface area contributed by atoms with Crippen molar-refractivity contribution in [2.24, 2.45) is 0 Å². The molecule has 1 N–H and O–H groups in total. The molecule has 0 aromatic carbocycles. The number of likely N-dealkylation sites (tertiary alicyclic amines) is 1. The first-order chi connectivity index (χ1) is 10.3. The number of rotatable bonds is 5. The van der Waals surface area contributed by atoms with Crippen molar-refractivity contribution < 1.29 is 9.32 Å². The molecule has 2 aromatic heterocycles. The molecule has 112 valence electrons. The predicted octanol–water partition coefficient (Wildman–Crippen LogP) is 3.35. The third-order valence-corrected chi connectivity index (χ3v) is 4.65. The molecule has 6 heteroatoms. The Kier molecular flexibility index (Phi) is 4.24. The van der Waals surface area contributed by atoms with Gasteiger partial charge in [-0.05, 0) is 24.3 Å². The second-order valence-electron chi connectivity index (χ2n) is 5.21. The predicted molar refractivity (Wildman–Crippen MR) is 81.1 cm³/mol. The first-order valence-corrected chi connectivity index (χ1v) is 8.18. The maximum Gasteiger partial charge on any atom is 0.318 e. The number of aromatic nitrogens is 1. The average molecular weight is 305 g/mol. The third-order valence-electron chi connectivity index (χ3n) is 3.68. The monoisotopic (exact) mass is 305 g/mol. The van der Waals surface area contributed by atoms with Gasteiger partial charge < -0.3 is 14.7 Å². The van der Waals surface area contributed by atoms with Crippen LogP contribution in [0.4, 0.5) is 4.79 Å². The lowest BCUT2D eigenvalue weighted by molar-refractivity contribution is 0.116. The van der Waals surface area contributed by atoms with Crippen LogP contribution in [0, 0.1) is 0 Å². The molecule has 3 rings (SSSR count). The van der Waals surface area contributed by atoms with Gasteiger partial charge in [0.05, 0.1) is 18.3 Å². The number of aryl methyl sites for hydroxylation is 1. The summed E-state index contributed by atoms with van der Waals surface area (Å²) in [5.41, 5.74) is 0.946. The van der Waals surface area contributed by atoms with E-state index in [0.717, 1.165) is 31.5 Å². The molecule has 2 amide bonds.